The average molecular weight is 114 g/mol. The summed E-state index contributed by atoms with van der Waals surface area (Å²) in [6.45, 7) is 2.93. The summed E-state index contributed by atoms with van der Waals surface area (Å²) < 4.78 is 10.1. The Morgan fingerprint density at radius 3 is 1.88 bits per heavy atom. The Labute approximate surface area is 49.1 Å². The van der Waals surface area contributed by atoms with Crippen LogP contribution in [0.5, 0.6) is 0 Å². The molecule has 0 bridgehead atoms. The molecular weight excluding hydrogens is 104 g/mol. The largest absolute Gasteiger partial charge is 0.375 e. The van der Waals surface area contributed by atoms with Crippen molar-refractivity contribution in [1.82, 2.24) is 0 Å². The molecule has 0 aromatic rings. The lowest BCUT2D eigenvalue weighted by Gasteiger charge is -2.04. The first-order chi connectivity index (χ1) is 4.00. The molecule has 0 aromatic carbocycles. The van der Waals surface area contributed by atoms with Crippen molar-refractivity contribution in [2.75, 3.05) is 26.4 Å². The third-order valence-corrected chi connectivity index (χ3v) is 0.967. The van der Waals surface area contributed by atoms with Gasteiger partial charge in [0.25, 0.3) is 0 Å². The van der Waals surface area contributed by atoms with Crippen molar-refractivity contribution in [3.05, 3.63) is 12.2 Å². The number of rotatable bonds is 0. The third-order valence-electron chi connectivity index (χ3n) is 0.967. The van der Waals surface area contributed by atoms with Gasteiger partial charge in [-0.1, -0.05) is 12.2 Å². The van der Waals surface area contributed by atoms with Gasteiger partial charge in [0.05, 0.1) is 26.4 Å². The Bertz CT molecular complexity index is 68.6. The second kappa shape index (κ2) is 3.64. The number of ether oxygens (including phenoxy) is 2. The van der Waals surface area contributed by atoms with Crippen LogP contribution in [-0.4, -0.2) is 26.4 Å². The summed E-state index contributed by atoms with van der Waals surface area (Å²) in [6.07, 6.45) is 3.94. The van der Waals surface area contributed by atoms with Crippen LogP contribution in [0.15, 0.2) is 12.2 Å². The molecule has 0 saturated heterocycles. The van der Waals surface area contributed by atoms with Crippen LogP contribution in [-0.2, 0) is 9.47 Å². The van der Waals surface area contributed by atoms with Crippen molar-refractivity contribution in [2.24, 2.45) is 0 Å². The molecule has 0 radical (unpaired) electrons. The molecule has 0 amide bonds. The molecule has 1 aliphatic rings. The highest BCUT2D eigenvalue weighted by Gasteiger charge is 1.88. The van der Waals surface area contributed by atoms with E-state index in [1.165, 1.54) is 0 Å². The summed E-state index contributed by atoms with van der Waals surface area (Å²) in [6, 6.07) is 0. The minimum atomic E-state index is 0.727. The maximum absolute atomic E-state index is 5.06. The SMILES string of the molecule is C1=CCOCCOC1. The summed E-state index contributed by atoms with van der Waals surface area (Å²) in [7, 11) is 0. The Balaban J connectivity index is 2.17. The molecule has 1 aliphatic heterocycles. The van der Waals surface area contributed by atoms with E-state index in [0.29, 0.717) is 0 Å². The van der Waals surface area contributed by atoms with Crippen molar-refractivity contribution in [1.29, 1.82) is 0 Å². The maximum atomic E-state index is 5.06. The standard InChI is InChI=1S/C6H10O2/c1-2-4-8-6-5-7-3-1/h1-2H,3-6H2. The lowest BCUT2D eigenvalue weighted by atomic mass is 10.5. The first-order valence-corrected chi connectivity index (χ1v) is 2.80. The molecule has 46 valence electrons. The van der Waals surface area contributed by atoms with E-state index in [1.54, 1.807) is 0 Å². The molecule has 0 saturated carbocycles. The van der Waals surface area contributed by atoms with Crippen LogP contribution < -0.4 is 0 Å². The smallest absolute Gasteiger partial charge is 0.0704 e. The molecule has 0 fully saturated rings. The fraction of sp³-hybridized carbons (Fsp3) is 0.667. The van der Waals surface area contributed by atoms with Crippen LogP contribution in [0.2, 0.25) is 0 Å². The normalized spacial score (nSPS) is 22.0. The Morgan fingerprint density at radius 1 is 0.875 bits per heavy atom. The lowest BCUT2D eigenvalue weighted by molar-refractivity contribution is 0.0638. The van der Waals surface area contributed by atoms with Gasteiger partial charge < -0.3 is 9.47 Å². The molecule has 0 aliphatic carbocycles. The summed E-state index contributed by atoms with van der Waals surface area (Å²) in [4.78, 5) is 0. The van der Waals surface area contributed by atoms with Crippen LogP contribution in [0.4, 0.5) is 0 Å². The van der Waals surface area contributed by atoms with Crippen LogP contribution in [0.25, 0.3) is 0 Å². The highest BCUT2D eigenvalue weighted by molar-refractivity contribution is 4.81. The molecule has 0 N–H and O–H groups in total. The Morgan fingerprint density at radius 2 is 1.38 bits per heavy atom. The van der Waals surface area contributed by atoms with Crippen LogP contribution in [0.3, 0.4) is 0 Å². The second-order valence-corrected chi connectivity index (χ2v) is 1.62. The third kappa shape index (κ3) is 2.09. The minimum absolute atomic E-state index is 0.727. The summed E-state index contributed by atoms with van der Waals surface area (Å²) in [5.74, 6) is 0. The van der Waals surface area contributed by atoms with E-state index in [2.05, 4.69) is 0 Å². The highest BCUT2D eigenvalue weighted by atomic mass is 16.5. The van der Waals surface area contributed by atoms with Gasteiger partial charge in [-0.3, -0.25) is 0 Å². The molecule has 8 heavy (non-hydrogen) atoms. The zero-order valence-electron chi connectivity index (χ0n) is 4.80. The van der Waals surface area contributed by atoms with Gasteiger partial charge in [0.15, 0.2) is 0 Å². The first kappa shape index (κ1) is 5.79. The molecule has 0 unspecified atom stereocenters. The van der Waals surface area contributed by atoms with Gasteiger partial charge in [-0.2, -0.15) is 0 Å². The fourth-order valence-electron chi connectivity index (χ4n) is 0.557. The van der Waals surface area contributed by atoms with Crippen LogP contribution in [0.1, 0.15) is 0 Å². The van der Waals surface area contributed by atoms with E-state index in [1.807, 2.05) is 12.2 Å². The van der Waals surface area contributed by atoms with E-state index in [4.69, 9.17) is 9.47 Å². The molecule has 1 rings (SSSR count). The average Bonchev–Trinajstić information content (AvgIpc) is 1.62. The van der Waals surface area contributed by atoms with E-state index in [9.17, 15) is 0 Å². The van der Waals surface area contributed by atoms with Crippen molar-refractivity contribution < 1.29 is 9.47 Å². The summed E-state index contributed by atoms with van der Waals surface area (Å²) in [5, 5.41) is 0. The van der Waals surface area contributed by atoms with Crippen molar-refractivity contribution in [3.8, 4) is 0 Å². The van der Waals surface area contributed by atoms with Gasteiger partial charge in [0.2, 0.25) is 0 Å². The van der Waals surface area contributed by atoms with Gasteiger partial charge in [-0.15, -0.1) is 0 Å². The second-order valence-electron chi connectivity index (χ2n) is 1.62. The van der Waals surface area contributed by atoms with Crippen molar-refractivity contribution in [3.63, 3.8) is 0 Å². The predicted octanol–water partition coefficient (Wildman–Crippen LogP) is 0.589. The molecule has 0 spiro atoms. The van der Waals surface area contributed by atoms with E-state index >= 15 is 0 Å². The van der Waals surface area contributed by atoms with Gasteiger partial charge in [0, 0.05) is 0 Å². The minimum Gasteiger partial charge on any atom is -0.375 e. The highest BCUT2D eigenvalue weighted by Crippen LogP contribution is 1.85. The van der Waals surface area contributed by atoms with Crippen molar-refractivity contribution >= 4 is 0 Å². The van der Waals surface area contributed by atoms with Gasteiger partial charge in [0.1, 0.15) is 0 Å². The van der Waals surface area contributed by atoms with E-state index < -0.39 is 0 Å². The van der Waals surface area contributed by atoms with Crippen molar-refractivity contribution in [2.45, 2.75) is 0 Å². The predicted molar refractivity (Wildman–Crippen MR) is 30.8 cm³/mol. The zero-order valence-corrected chi connectivity index (χ0v) is 4.80. The van der Waals surface area contributed by atoms with Gasteiger partial charge in [-0.05, 0) is 0 Å². The first-order valence-electron chi connectivity index (χ1n) is 2.80. The van der Waals surface area contributed by atoms with Gasteiger partial charge >= 0.3 is 0 Å². The molecule has 2 heteroatoms. The number of hydrogen-bond donors (Lipinski definition) is 0. The lowest BCUT2D eigenvalue weighted by Crippen LogP contribution is -2.06. The van der Waals surface area contributed by atoms with E-state index in [-0.39, 0.29) is 0 Å². The molecule has 0 atom stereocenters. The van der Waals surface area contributed by atoms with E-state index in [0.717, 1.165) is 26.4 Å². The van der Waals surface area contributed by atoms with Crippen LogP contribution in [0, 0.1) is 0 Å². The fourth-order valence-corrected chi connectivity index (χ4v) is 0.557. The Hall–Kier alpha value is -0.340. The topological polar surface area (TPSA) is 18.5 Å². The molecule has 1 heterocycles. The molecule has 2 nitrogen and oxygen atoms in total. The molecular formula is C6H10O2. The van der Waals surface area contributed by atoms with Gasteiger partial charge in [-0.25, -0.2) is 0 Å². The quantitative estimate of drug-likeness (QED) is 0.429. The molecule has 0 aromatic heterocycles. The summed E-state index contributed by atoms with van der Waals surface area (Å²) in [5.41, 5.74) is 0. The zero-order chi connectivity index (χ0) is 5.66. The summed E-state index contributed by atoms with van der Waals surface area (Å²) >= 11 is 0. The maximum Gasteiger partial charge on any atom is 0.0704 e. The number of hydrogen-bond acceptors (Lipinski definition) is 2. The Kier molecular flexibility index (Phi) is 2.63. The monoisotopic (exact) mass is 114 g/mol. The van der Waals surface area contributed by atoms with Crippen LogP contribution >= 0.6 is 0 Å².